The number of ether oxygens (including phenoxy) is 1. The highest BCUT2D eigenvalue weighted by atomic mass is 16.5. The summed E-state index contributed by atoms with van der Waals surface area (Å²) in [6, 6.07) is 9.53. The zero-order valence-corrected chi connectivity index (χ0v) is 10.5. The van der Waals surface area contributed by atoms with Crippen LogP contribution in [0.25, 0.3) is 0 Å². The first-order chi connectivity index (χ1) is 8.07. The standard InChI is InChI=1S/C14H18O3/c1-4-17-14(16)13(11(3)15)10(2)12-8-6-5-7-9-12/h5-10,13H,4H2,1-3H3. The molecule has 0 N–H and O–H groups in total. The van der Waals surface area contributed by atoms with Crippen LogP contribution in [0.15, 0.2) is 30.3 Å². The fourth-order valence-electron chi connectivity index (χ4n) is 1.90. The Labute approximate surface area is 102 Å². The van der Waals surface area contributed by atoms with Gasteiger partial charge in [-0.1, -0.05) is 37.3 Å². The summed E-state index contributed by atoms with van der Waals surface area (Å²) in [6.45, 7) is 5.34. The van der Waals surface area contributed by atoms with Gasteiger partial charge >= 0.3 is 5.97 Å². The number of benzene rings is 1. The Morgan fingerprint density at radius 2 is 1.82 bits per heavy atom. The van der Waals surface area contributed by atoms with Crippen LogP contribution in [0.2, 0.25) is 0 Å². The lowest BCUT2D eigenvalue weighted by Crippen LogP contribution is -2.29. The average molecular weight is 234 g/mol. The highest BCUT2D eigenvalue weighted by molar-refractivity contribution is 5.98. The Balaban J connectivity index is 2.92. The van der Waals surface area contributed by atoms with Crippen LogP contribution in [0.3, 0.4) is 0 Å². The molecule has 0 fully saturated rings. The molecular weight excluding hydrogens is 216 g/mol. The molecule has 0 amide bonds. The van der Waals surface area contributed by atoms with Crippen molar-refractivity contribution in [3.63, 3.8) is 0 Å². The lowest BCUT2D eigenvalue weighted by atomic mass is 9.85. The molecule has 3 heteroatoms. The Morgan fingerprint density at radius 1 is 1.24 bits per heavy atom. The molecule has 0 saturated carbocycles. The third-order valence-electron chi connectivity index (χ3n) is 2.80. The molecule has 2 unspecified atom stereocenters. The molecule has 1 aromatic carbocycles. The number of hydrogen-bond acceptors (Lipinski definition) is 3. The number of esters is 1. The summed E-state index contributed by atoms with van der Waals surface area (Å²) in [5.41, 5.74) is 0.973. The molecule has 0 aliphatic carbocycles. The molecule has 17 heavy (non-hydrogen) atoms. The number of carbonyl (C=O) groups excluding carboxylic acids is 2. The van der Waals surface area contributed by atoms with Gasteiger partial charge in [-0.2, -0.15) is 0 Å². The van der Waals surface area contributed by atoms with E-state index in [0.29, 0.717) is 6.61 Å². The molecule has 92 valence electrons. The Bertz CT molecular complexity index is 384. The molecule has 1 rings (SSSR count). The SMILES string of the molecule is CCOC(=O)C(C(C)=O)C(C)c1ccccc1. The molecule has 3 nitrogen and oxygen atoms in total. The number of carbonyl (C=O) groups is 2. The molecule has 0 spiro atoms. The van der Waals surface area contributed by atoms with Gasteiger partial charge in [0.25, 0.3) is 0 Å². The van der Waals surface area contributed by atoms with Gasteiger partial charge < -0.3 is 4.74 Å². The van der Waals surface area contributed by atoms with Gasteiger partial charge in [-0.15, -0.1) is 0 Å². The van der Waals surface area contributed by atoms with Crippen molar-refractivity contribution < 1.29 is 14.3 Å². The van der Waals surface area contributed by atoms with E-state index in [1.807, 2.05) is 37.3 Å². The van der Waals surface area contributed by atoms with Crippen molar-refractivity contribution in [1.82, 2.24) is 0 Å². The van der Waals surface area contributed by atoms with Crippen LogP contribution in [0.4, 0.5) is 0 Å². The first kappa shape index (κ1) is 13.4. The van der Waals surface area contributed by atoms with Crippen LogP contribution in [0, 0.1) is 5.92 Å². The van der Waals surface area contributed by atoms with Crippen molar-refractivity contribution in [3.05, 3.63) is 35.9 Å². The van der Waals surface area contributed by atoms with Gasteiger partial charge in [0.15, 0.2) is 0 Å². The fraction of sp³-hybridized carbons (Fsp3) is 0.429. The van der Waals surface area contributed by atoms with Crippen molar-refractivity contribution in [2.24, 2.45) is 5.92 Å². The third kappa shape index (κ3) is 3.41. The van der Waals surface area contributed by atoms with Crippen molar-refractivity contribution in [3.8, 4) is 0 Å². The van der Waals surface area contributed by atoms with Crippen molar-refractivity contribution in [2.75, 3.05) is 6.61 Å². The van der Waals surface area contributed by atoms with Crippen molar-refractivity contribution in [2.45, 2.75) is 26.7 Å². The minimum atomic E-state index is -0.711. The second-order valence-electron chi connectivity index (χ2n) is 4.04. The largest absolute Gasteiger partial charge is 0.465 e. The van der Waals surface area contributed by atoms with Crippen LogP contribution in [-0.2, 0) is 14.3 Å². The van der Waals surface area contributed by atoms with Gasteiger partial charge in [0.2, 0.25) is 0 Å². The maximum atomic E-state index is 11.8. The van der Waals surface area contributed by atoms with Gasteiger partial charge in [-0.05, 0) is 19.4 Å². The summed E-state index contributed by atoms with van der Waals surface area (Å²) in [4.78, 5) is 23.3. The zero-order chi connectivity index (χ0) is 12.8. The van der Waals surface area contributed by atoms with E-state index in [0.717, 1.165) is 5.56 Å². The van der Waals surface area contributed by atoms with Crippen LogP contribution >= 0.6 is 0 Å². The Hall–Kier alpha value is -1.64. The molecule has 1 aromatic rings. The van der Waals surface area contributed by atoms with E-state index in [9.17, 15) is 9.59 Å². The number of ketones is 1. The lowest BCUT2D eigenvalue weighted by Gasteiger charge is -2.20. The topological polar surface area (TPSA) is 43.4 Å². The van der Waals surface area contributed by atoms with E-state index in [4.69, 9.17) is 4.74 Å². The van der Waals surface area contributed by atoms with Crippen molar-refractivity contribution >= 4 is 11.8 Å². The predicted molar refractivity (Wildman–Crippen MR) is 65.7 cm³/mol. The number of rotatable bonds is 5. The van der Waals surface area contributed by atoms with Crippen LogP contribution in [0.5, 0.6) is 0 Å². The molecule has 0 aliphatic rings. The van der Waals surface area contributed by atoms with Gasteiger partial charge in [0, 0.05) is 5.92 Å². The van der Waals surface area contributed by atoms with E-state index in [-0.39, 0.29) is 11.7 Å². The van der Waals surface area contributed by atoms with Gasteiger partial charge in [0.05, 0.1) is 6.61 Å². The summed E-state index contributed by atoms with van der Waals surface area (Å²) in [7, 11) is 0. The first-order valence-corrected chi connectivity index (χ1v) is 5.80. The molecule has 2 atom stereocenters. The predicted octanol–water partition coefficient (Wildman–Crippen LogP) is 2.56. The second-order valence-corrected chi connectivity index (χ2v) is 4.04. The highest BCUT2D eigenvalue weighted by Gasteiger charge is 2.31. The molecule has 0 aromatic heterocycles. The highest BCUT2D eigenvalue weighted by Crippen LogP contribution is 2.26. The van der Waals surface area contributed by atoms with E-state index in [2.05, 4.69) is 0 Å². The molecule has 0 saturated heterocycles. The van der Waals surface area contributed by atoms with E-state index in [1.165, 1.54) is 6.92 Å². The zero-order valence-electron chi connectivity index (χ0n) is 10.5. The molecule has 0 radical (unpaired) electrons. The van der Waals surface area contributed by atoms with Crippen LogP contribution in [-0.4, -0.2) is 18.4 Å². The van der Waals surface area contributed by atoms with Gasteiger partial charge in [-0.3, -0.25) is 9.59 Å². The summed E-state index contributed by atoms with van der Waals surface area (Å²) < 4.78 is 4.95. The lowest BCUT2D eigenvalue weighted by molar-refractivity contribution is -0.151. The normalized spacial score (nSPS) is 13.8. The smallest absolute Gasteiger partial charge is 0.317 e. The molecule has 0 aliphatic heterocycles. The molecule has 0 bridgehead atoms. The summed E-state index contributed by atoms with van der Waals surface area (Å²) >= 11 is 0. The van der Waals surface area contributed by atoms with E-state index < -0.39 is 11.9 Å². The van der Waals surface area contributed by atoms with E-state index in [1.54, 1.807) is 6.92 Å². The van der Waals surface area contributed by atoms with Crippen LogP contribution < -0.4 is 0 Å². The minimum Gasteiger partial charge on any atom is -0.465 e. The Morgan fingerprint density at radius 3 is 2.29 bits per heavy atom. The van der Waals surface area contributed by atoms with Crippen molar-refractivity contribution in [1.29, 1.82) is 0 Å². The first-order valence-electron chi connectivity index (χ1n) is 5.80. The number of Topliss-reactive ketones (excluding diaryl/α,β-unsaturated/α-hetero) is 1. The average Bonchev–Trinajstić information content (AvgIpc) is 2.30. The minimum absolute atomic E-state index is 0.153. The van der Waals surface area contributed by atoms with Gasteiger partial charge in [-0.25, -0.2) is 0 Å². The maximum Gasteiger partial charge on any atom is 0.317 e. The summed E-state index contributed by atoms with van der Waals surface area (Å²) in [6.07, 6.45) is 0. The maximum absolute atomic E-state index is 11.8. The molecule has 0 heterocycles. The summed E-state index contributed by atoms with van der Waals surface area (Å²) in [5.74, 6) is -1.46. The van der Waals surface area contributed by atoms with Crippen LogP contribution in [0.1, 0.15) is 32.3 Å². The quantitative estimate of drug-likeness (QED) is 0.581. The Kier molecular flexibility index (Phi) is 4.88. The summed E-state index contributed by atoms with van der Waals surface area (Å²) in [5, 5.41) is 0. The number of hydrogen-bond donors (Lipinski definition) is 0. The monoisotopic (exact) mass is 234 g/mol. The fourth-order valence-corrected chi connectivity index (χ4v) is 1.90. The molecular formula is C14H18O3. The van der Waals surface area contributed by atoms with Gasteiger partial charge in [0.1, 0.15) is 11.7 Å². The second kappa shape index (κ2) is 6.18. The van der Waals surface area contributed by atoms with E-state index >= 15 is 0 Å². The third-order valence-corrected chi connectivity index (χ3v) is 2.80.